The van der Waals surface area contributed by atoms with Crippen LogP contribution in [-0.4, -0.2) is 31.9 Å². The smallest absolute Gasteiger partial charge is 0.119 e. The lowest BCUT2D eigenvalue weighted by atomic mass is 10.1. The van der Waals surface area contributed by atoms with E-state index < -0.39 is 0 Å². The molecule has 0 aliphatic carbocycles. The van der Waals surface area contributed by atoms with E-state index in [4.69, 9.17) is 4.74 Å². The minimum Gasteiger partial charge on any atom is -0.497 e. The fourth-order valence-electron chi connectivity index (χ4n) is 3.36. The van der Waals surface area contributed by atoms with Gasteiger partial charge in [-0.05, 0) is 54.7 Å². The summed E-state index contributed by atoms with van der Waals surface area (Å²) >= 11 is 0. The number of nitrogens with zero attached hydrogens (tertiary/aromatic N) is 1. The van der Waals surface area contributed by atoms with E-state index in [-0.39, 0.29) is 12.6 Å². The molecule has 1 saturated heterocycles. The predicted octanol–water partition coefficient (Wildman–Crippen LogP) is 3.51. The quantitative estimate of drug-likeness (QED) is 0.810. The highest BCUT2D eigenvalue weighted by atomic mass is 16.5. The molecule has 25 heavy (non-hydrogen) atoms. The summed E-state index contributed by atoms with van der Waals surface area (Å²) in [6.07, 6.45) is 3.94. The first-order chi connectivity index (χ1) is 12.3. The molecule has 0 aromatic heterocycles. The molecular weight excluding hydrogens is 312 g/mol. The summed E-state index contributed by atoms with van der Waals surface area (Å²) < 4.78 is 5.27. The van der Waals surface area contributed by atoms with Crippen molar-refractivity contribution in [1.29, 1.82) is 0 Å². The lowest BCUT2D eigenvalue weighted by molar-refractivity contribution is 0.243. The first-order valence-electron chi connectivity index (χ1n) is 9.12. The highest BCUT2D eigenvalue weighted by molar-refractivity contribution is 5.47. The third kappa shape index (κ3) is 4.74. The summed E-state index contributed by atoms with van der Waals surface area (Å²) in [5, 5.41) is 13.2. The van der Waals surface area contributed by atoms with Crippen LogP contribution in [0.2, 0.25) is 0 Å². The number of rotatable bonds is 7. The molecule has 1 unspecified atom stereocenters. The van der Waals surface area contributed by atoms with E-state index in [0.29, 0.717) is 0 Å². The van der Waals surface area contributed by atoms with Gasteiger partial charge in [0.25, 0.3) is 0 Å². The highest BCUT2D eigenvalue weighted by Crippen LogP contribution is 2.22. The van der Waals surface area contributed by atoms with Crippen molar-refractivity contribution in [2.24, 2.45) is 0 Å². The lowest BCUT2D eigenvalue weighted by Gasteiger charge is -2.29. The standard InChI is InChI=1S/C21H28N2O2/c1-25-20-7-5-6-18(14-20)21(16-24)22-15-17-8-10-19(11-9-17)23-12-3-2-4-13-23/h5-11,14,21-22,24H,2-4,12-13,15-16H2,1H3. The number of hydrogen-bond donors (Lipinski definition) is 2. The summed E-state index contributed by atoms with van der Waals surface area (Å²) in [7, 11) is 1.66. The van der Waals surface area contributed by atoms with Crippen LogP contribution in [0, 0.1) is 0 Å². The molecule has 0 spiro atoms. The van der Waals surface area contributed by atoms with Gasteiger partial charge in [0.2, 0.25) is 0 Å². The van der Waals surface area contributed by atoms with Gasteiger partial charge in [-0.25, -0.2) is 0 Å². The molecule has 0 amide bonds. The molecule has 0 bridgehead atoms. The number of anilines is 1. The summed E-state index contributed by atoms with van der Waals surface area (Å²) in [4.78, 5) is 2.47. The number of methoxy groups -OCH3 is 1. The molecule has 1 fully saturated rings. The van der Waals surface area contributed by atoms with E-state index in [1.54, 1.807) is 7.11 Å². The Hall–Kier alpha value is -2.04. The third-order valence-electron chi connectivity index (χ3n) is 4.89. The van der Waals surface area contributed by atoms with Crippen LogP contribution in [0.15, 0.2) is 48.5 Å². The van der Waals surface area contributed by atoms with Crippen molar-refractivity contribution in [1.82, 2.24) is 5.32 Å². The van der Waals surface area contributed by atoms with Crippen molar-refractivity contribution in [3.8, 4) is 5.75 Å². The molecule has 1 atom stereocenters. The van der Waals surface area contributed by atoms with Crippen molar-refractivity contribution >= 4 is 5.69 Å². The average Bonchev–Trinajstić information content (AvgIpc) is 2.70. The summed E-state index contributed by atoms with van der Waals surface area (Å²) in [5.74, 6) is 0.809. The van der Waals surface area contributed by atoms with Gasteiger partial charge in [0.05, 0.1) is 19.8 Å². The van der Waals surface area contributed by atoms with E-state index in [1.165, 1.54) is 43.6 Å². The summed E-state index contributed by atoms with van der Waals surface area (Å²) in [5.41, 5.74) is 3.57. The van der Waals surface area contributed by atoms with Crippen LogP contribution < -0.4 is 15.0 Å². The topological polar surface area (TPSA) is 44.7 Å². The fourth-order valence-corrected chi connectivity index (χ4v) is 3.36. The monoisotopic (exact) mass is 340 g/mol. The maximum absolute atomic E-state index is 9.73. The van der Waals surface area contributed by atoms with Gasteiger partial charge >= 0.3 is 0 Å². The Morgan fingerprint density at radius 2 is 1.84 bits per heavy atom. The zero-order valence-corrected chi connectivity index (χ0v) is 14.9. The molecule has 4 heteroatoms. The SMILES string of the molecule is COc1cccc(C(CO)NCc2ccc(N3CCCCC3)cc2)c1. The van der Waals surface area contributed by atoms with E-state index in [2.05, 4.69) is 34.5 Å². The van der Waals surface area contributed by atoms with Crippen molar-refractivity contribution in [2.75, 3.05) is 31.7 Å². The number of ether oxygens (including phenoxy) is 1. The number of hydrogen-bond acceptors (Lipinski definition) is 4. The van der Waals surface area contributed by atoms with Crippen LogP contribution >= 0.6 is 0 Å². The van der Waals surface area contributed by atoms with Gasteiger partial charge in [-0.2, -0.15) is 0 Å². The van der Waals surface area contributed by atoms with Crippen LogP contribution in [0.4, 0.5) is 5.69 Å². The van der Waals surface area contributed by atoms with Gasteiger partial charge in [0.1, 0.15) is 5.75 Å². The van der Waals surface area contributed by atoms with Crippen molar-refractivity contribution in [3.63, 3.8) is 0 Å². The second kappa shape index (κ2) is 8.88. The molecule has 4 nitrogen and oxygen atoms in total. The van der Waals surface area contributed by atoms with Crippen LogP contribution in [0.3, 0.4) is 0 Å². The minimum absolute atomic E-state index is 0.0546. The Morgan fingerprint density at radius 3 is 2.52 bits per heavy atom. The van der Waals surface area contributed by atoms with Crippen molar-refractivity contribution in [3.05, 3.63) is 59.7 Å². The van der Waals surface area contributed by atoms with Gasteiger partial charge in [-0.15, -0.1) is 0 Å². The summed E-state index contributed by atoms with van der Waals surface area (Å²) in [6.45, 7) is 3.11. The Kier molecular flexibility index (Phi) is 6.31. The van der Waals surface area contributed by atoms with Crippen molar-refractivity contribution < 1.29 is 9.84 Å². The number of nitrogens with one attached hydrogen (secondary N) is 1. The molecule has 2 aromatic rings. The van der Waals surface area contributed by atoms with E-state index in [1.807, 2.05) is 24.3 Å². The number of piperidine rings is 1. The number of aliphatic hydroxyl groups is 1. The molecule has 1 heterocycles. The second-order valence-corrected chi connectivity index (χ2v) is 6.61. The molecule has 2 N–H and O–H groups in total. The normalized spacial score (nSPS) is 15.8. The molecule has 134 valence electrons. The van der Waals surface area contributed by atoms with Crippen LogP contribution in [-0.2, 0) is 6.54 Å². The van der Waals surface area contributed by atoms with Gasteiger partial charge < -0.3 is 20.1 Å². The Labute approximate surface area is 150 Å². The largest absolute Gasteiger partial charge is 0.497 e. The van der Waals surface area contributed by atoms with E-state index in [9.17, 15) is 5.11 Å². The number of aliphatic hydroxyl groups excluding tert-OH is 1. The fraction of sp³-hybridized carbons (Fsp3) is 0.429. The maximum atomic E-state index is 9.73. The molecule has 3 rings (SSSR count). The Bertz CT molecular complexity index is 651. The zero-order valence-electron chi connectivity index (χ0n) is 14.9. The van der Waals surface area contributed by atoms with E-state index in [0.717, 1.165) is 17.9 Å². The minimum atomic E-state index is -0.100. The maximum Gasteiger partial charge on any atom is 0.119 e. The number of benzene rings is 2. The second-order valence-electron chi connectivity index (χ2n) is 6.61. The first kappa shape index (κ1) is 17.8. The van der Waals surface area contributed by atoms with Crippen LogP contribution in [0.1, 0.15) is 36.4 Å². The molecule has 1 aliphatic rings. The average molecular weight is 340 g/mol. The predicted molar refractivity (Wildman–Crippen MR) is 102 cm³/mol. The van der Waals surface area contributed by atoms with Crippen LogP contribution in [0.25, 0.3) is 0 Å². The third-order valence-corrected chi connectivity index (χ3v) is 4.89. The highest BCUT2D eigenvalue weighted by Gasteiger charge is 2.12. The van der Waals surface area contributed by atoms with Crippen molar-refractivity contribution in [2.45, 2.75) is 31.8 Å². The van der Waals surface area contributed by atoms with Gasteiger partial charge in [0, 0.05) is 25.3 Å². The van der Waals surface area contributed by atoms with Crippen LogP contribution in [0.5, 0.6) is 5.75 Å². The van der Waals surface area contributed by atoms with Gasteiger partial charge in [0.15, 0.2) is 0 Å². The molecule has 2 aromatic carbocycles. The zero-order chi connectivity index (χ0) is 17.5. The molecule has 0 radical (unpaired) electrons. The lowest BCUT2D eigenvalue weighted by Crippen LogP contribution is -2.29. The summed E-state index contributed by atoms with van der Waals surface area (Å²) in [6, 6.07) is 16.5. The molecular formula is C21H28N2O2. The molecule has 0 saturated carbocycles. The van der Waals surface area contributed by atoms with E-state index >= 15 is 0 Å². The molecule has 1 aliphatic heterocycles. The van der Waals surface area contributed by atoms with Gasteiger partial charge in [-0.1, -0.05) is 24.3 Å². The van der Waals surface area contributed by atoms with Gasteiger partial charge in [-0.3, -0.25) is 0 Å². The Balaban J connectivity index is 1.59. The Morgan fingerprint density at radius 1 is 1.08 bits per heavy atom. The first-order valence-corrected chi connectivity index (χ1v) is 9.12.